The fourth-order valence-electron chi connectivity index (χ4n) is 4.50. The van der Waals surface area contributed by atoms with E-state index in [1.54, 1.807) is 27.0 Å². The maximum atomic E-state index is 13.7. The maximum Gasteiger partial charge on any atom is 0.294 e. The summed E-state index contributed by atoms with van der Waals surface area (Å²) in [5.41, 5.74) is 3.19. The SMILES string of the molecule is CN[C@@H](C)C(=O)Nc1ncc(-c2ccc(F)cc2C)n(CC(=O)NC2CCCc3ccccc32)c1=O. The molecule has 2 amide bonds. The molecule has 1 aliphatic carbocycles. The van der Waals surface area contributed by atoms with Crippen molar-refractivity contribution in [1.82, 2.24) is 20.2 Å². The minimum atomic E-state index is -0.618. The Balaban J connectivity index is 1.68. The van der Waals surface area contributed by atoms with E-state index in [0.29, 0.717) is 16.8 Å². The lowest BCUT2D eigenvalue weighted by molar-refractivity contribution is -0.122. The number of nitrogens with zero attached hydrogens (tertiary/aromatic N) is 2. The van der Waals surface area contributed by atoms with Crippen molar-refractivity contribution in [2.75, 3.05) is 12.4 Å². The Hall–Kier alpha value is -3.85. The number of anilines is 1. The van der Waals surface area contributed by atoms with Crippen molar-refractivity contribution in [3.63, 3.8) is 0 Å². The van der Waals surface area contributed by atoms with Crippen LogP contribution in [0, 0.1) is 12.7 Å². The number of benzene rings is 2. The molecule has 0 spiro atoms. The molecular formula is C27H30FN5O3. The normalized spacial score (nSPS) is 15.6. The third-order valence-corrected chi connectivity index (χ3v) is 6.59. The number of hydrogen-bond donors (Lipinski definition) is 3. The average molecular weight is 492 g/mol. The number of halogens is 1. The number of likely N-dealkylation sites (N-methyl/N-ethyl adjacent to an activating group) is 1. The number of rotatable bonds is 7. The predicted molar refractivity (Wildman–Crippen MR) is 136 cm³/mol. The smallest absolute Gasteiger partial charge is 0.294 e. The highest BCUT2D eigenvalue weighted by atomic mass is 19.1. The first-order valence-electron chi connectivity index (χ1n) is 12.0. The van der Waals surface area contributed by atoms with E-state index in [0.717, 1.165) is 24.8 Å². The molecule has 36 heavy (non-hydrogen) atoms. The minimum absolute atomic E-state index is 0.147. The van der Waals surface area contributed by atoms with Crippen LogP contribution < -0.4 is 21.5 Å². The molecule has 0 saturated heterocycles. The summed E-state index contributed by atoms with van der Waals surface area (Å²) in [7, 11) is 1.63. The summed E-state index contributed by atoms with van der Waals surface area (Å²) in [4.78, 5) is 43.2. The first-order chi connectivity index (χ1) is 17.3. The van der Waals surface area contributed by atoms with Gasteiger partial charge in [0.2, 0.25) is 11.8 Å². The van der Waals surface area contributed by atoms with Crippen LogP contribution in [0.15, 0.2) is 53.5 Å². The molecule has 0 radical (unpaired) electrons. The molecule has 0 fully saturated rings. The van der Waals surface area contributed by atoms with E-state index in [2.05, 4.69) is 27.0 Å². The Morgan fingerprint density at radius 2 is 2.00 bits per heavy atom. The highest BCUT2D eigenvalue weighted by Crippen LogP contribution is 2.29. The number of hydrogen-bond acceptors (Lipinski definition) is 5. The Morgan fingerprint density at radius 1 is 1.22 bits per heavy atom. The van der Waals surface area contributed by atoms with Crippen molar-refractivity contribution in [2.24, 2.45) is 0 Å². The lowest BCUT2D eigenvalue weighted by Gasteiger charge is -2.26. The molecule has 2 atom stereocenters. The number of aryl methyl sites for hydroxylation is 2. The lowest BCUT2D eigenvalue weighted by Crippen LogP contribution is -2.40. The zero-order chi connectivity index (χ0) is 25.8. The second-order valence-corrected chi connectivity index (χ2v) is 9.05. The molecule has 9 heteroatoms. The summed E-state index contributed by atoms with van der Waals surface area (Å²) in [5, 5.41) is 8.40. The van der Waals surface area contributed by atoms with Crippen LogP contribution in [0.4, 0.5) is 10.2 Å². The first-order valence-corrected chi connectivity index (χ1v) is 12.0. The van der Waals surface area contributed by atoms with Crippen LogP contribution in [0.25, 0.3) is 11.3 Å². The quantitative estimate of drug-likeness (QED) is 0.471. The van der Waals surface area contributed by atoms with Crippen molar-refractivity contribution >= 4 is 17.6 Å². The molecule has 1 heterocycles. The number of carbonyl (C=O) groups is 2. The number of nitrogens with one attached hydrogen (secondary N) is 3. The van der Waals surface area contributed by atoms with Gasteiger partial charge in [0.1, 0.15) is 12.4 Å². The van der Waals surface area contributed by atoms with E-state index in [1.165, 1.54) is 28.5 Å². The molecule has 1 aromatic heterocycles. The molecule has 1 aliphatic rings. The summed E-state index contributed by atoms with van der Waals surface area (Å²) < 4.78 is 15.0. The molecule has 188 valence electrons. The predicted octanol–water partition coefficient (Wildman–Crippen LogP) is 3.10. The molecule has 3 N–H and O–H groups in total. The van der Waals surface area contributed by atoms with Gasteiger partial charge in [-0.05, 0) is 75.0 Å². The Kier molecular flexibility index (Phi) is 7.59. The van der Waals surface area contributed by atoms with E-state index in [4.69, 9.17) is 0 Å². The minimum Gasteiger partial charge on any atom is -0.348 e. The van der Waals surface area contributed by atoms with Crippen molar-refractivity contribution in [2.45, 2.75) is 51.7 Å². The molecule has 3 aromatic rings. The van der Waals surface area contributed by atoms with Crippen LogP contribution in [-0.2, 0) is 22.6 Å². The van der Waals surface area contributed by atoms with Gasteiger partial charge in [0.25, 0.3) is 5.56 Å². The molecule has 4 rings (SSSR count). The second-order valence-electron chi connectivity index (χ2n) is 9.05. The fraction of sp³-hybridized carbons (Fsp3) is 0.333. The van der Waals surface area contributed by atoms with Gasteiger partial charge >= 0.3 is 0 Å². The van der Waals surface area contributed by atoms with Crippen LogP contribution in [0.2, 0.25) is 0 Å². The van der Waals surface area contributed by atoms with Gasteiger partial charge in [-0.1, -0.05) is 24.3 Å². The summed E-state index contributed by atoms with van der Waals surface area (Å²) in [6, 6.07) is 11.5. The van der Waals surface area contributed by atoms with E-state index in [-0.39, 0.29) is 24.3 Å². The number of amides is 2. The summed E-state index contributed by atoms with van der Waals surface area (Å²) in [6.07, 6.45) is 4.15. The van der Waals surface area contributed by atoms with E-state index in [9.17, 15) is 18.8 Å². The third kappa shape index (κ3) is 5.36. The van der Waals surface area contributed by atoms with Crippen LogP contribution in [0.3, 0.4) is 0 Å². The van der Waals surface area contributed by atoms with Gasteiger partial charge in [-0.2, -0.15) is 0 Å². The Morgan fingerprint density at radius 3 is 2.75 bits per heavy atom. The van der Waals surface area contributed by atoms with Crippen molar-refractivity contribution < 1.29 is 14.0 Å². The highest BCUT2D eigenvalue weighted by Gasteiger charge is 2.23. The second kappa shape index (κ2) is 10.8. The zero-order valence-corrected chi connectivity index (χ0v) is 20.6. The van der Waals surface area contributed by atoms with Gasteiger partial charge in [0.15, 0.2) is 5.82 Å². The highest BCUT2D eigenvalue weighted by molar-refractivity contribution is 5.93. The summed E-state index contributed by atoms with van der Waals surface area (Å²) >= 11 is 0. The standard InChI is InChI=1S/C27H30FN5O3/c1-16-13-19(28)11-12-20(16)23-14-30-25(32-26(35)17(2)29-3)27(36)33(23)15-24(34)31-22-10-6-8-18-7-4-5-9-21(18)22/h4-5,7,9,11-14,17,22,29H,6,8,10,15H2,1-3H3,(H,31,34)(H,30,32,35)/t17-,22?/m0/s1. The van der Waals surface area contributed by atoms with E-state index >= 15 is 0 Å². The fourth-order valence-corrected chi connectivity index (χ4v) is 4.50. The average Bonchev–Trinajstić information content (AvgIpc) is 2.86. The van der Waals surface area contributed by atoms with Gasteiger partial charge in [0.05, 0.1) is 24.0 Å². The molecule has 8 nitrogen and oxygen atoms in total. The topological polar surface area (TPSA) is 105 Å². The van der Waals surface area contributed by atoms with Crippen LogP contribution in [0.1, 0.15) is 42.5 Å². The molecule has 0 aliphatic heterocycles. The van der Waals surface area contributed by atoms with Gasteiger partial charge in [0, 0.05) is 5.56 Å². The largest absolute Gasteiger partial charge is 0.348 e. The zero-order valence-electron chi connectivity index (χ0n) is 20.6. The summed E-state index contributed by atoms with van der Waals surface area (Å²) in [5.74, 6) is -1.35. The van der Waals surface area contributed by atoms with E-state index < -0.39 is 23.3 Å². The Labute approximate surface area is 209 Å². The molecule has 2 aromatic carbocycles. The van der Waals surface area contributed by atoms with Gasteiger partial charge < -0.3 is 16.0 Å². The van der Waals surface area contributed by atoms with Crippen molar-refractivity contribution in [3.8, 4) is 11.3 Å². The van der Waals surface area contributed by atoms with Crippen LogP contribution in [-0.4, -0.2) is 34.5 Å². The van der Waals surface area contributed by atoms with Gasteiger partial charge in [-0.25, -0.2) is 9.37 Å². The van der Waals surface area contributed by atoms with Crippen molar-refractivity contribution in [3.05, 3.63) is 81.5 Å². The Bertz CT molecular complexity index is 1350. The third-order valence-electron chi connectivity index (χ3n) is 6.59. The molecule has 0 saturated carbocycles. The first kappa shape index (κ1) is 25.2. The van der Waals surface area contributed by atoms with Gasteiger partial charge in [-0.15, -0.1) is 0 Å². The molecule has 1 unspecified atom stereocenters. The molecule has 0 bridgehead atoms. The van der Waals surface area contributed by atoms with Crippen LogP contribution >= 0.6 is 0 Å². The lowest BCUT2D eigenvalue weighted by atomic mass is 9.88. The van der Waals surface area contributed by atoms with Crippen LogP contribution in [0.5, 0.6) is 0 Å². The van der Waals surface area contributed by atoms with Gasteiger partial charge in [-0.3, -0.25) is 19.0 Å². The van der Waals surface area contributed by atoms with Crippen molar-refractivity contribution in [1.29, 1.82) is 0 Å². The number of carbonyl (C=O) groups excluding carboxylic acids is 2. The van der Waals surface area contributed by atoms with E-state index in [1.807, 2.05) is 18.2 Å². The molecular weight excluding hydrogens is 461 g/mol. The summed E-state index contributed by atoms with van der Waals surface area (Å²) in [6.45, 7) is 3.09. The maximum absolute atomic E-state index is 13.7. The monoisotopic (exact) mass is 491 g/mol. The number of aromatic nitrogens is 2. The number of fused-ring (bicyclic) bond motifs is 1.